The minimum absolute atomic E-state index is 0.0405. The van der Waals surface area contributed by atoms with Crippen LogP contribution in [0.5, 0.6) is 0 Å². The van der Waals surface area contributed by atoms with Gasteiger partial charge in [0.05, 0.1) is 40.3 Å². The Hall–Kier alpha value is -1.93. The number of carbonyl (C=O) groups excluding carboxylic acids is 3. The Morgan fingerprint density at radius 3 is 1.26 bits per heavy atom. The third kappa shape index (κ3) is 39.5. The first-order valence-corrected chi connectivity index (χ1v) is 24.7. The molecular formula is C50H95NO7. The van der Waals surface area contributed by atoms with Gasteiger partial charge in [0.1, 0.15) is 12.6 Å². The van der Waals surface area contributed by atoms with Crippen molar-refractivity contribution in [2.75, 3.05) is 41.0 Å². The van der Waals surface area contributed by atoms with Crippen LogP contribution in [-0.2, 0) is 28.6 Å². The molecule has 0 bridgehead atoms. The third-order valence-electron chi connectivity index (χ3n) is 11.4. The molecule has 8 nitrogen and oxygen atoms in total. The van der Waals surface area contributed by atoms with E-state index in [-0.39, 0.29) is 42.7 Å². The second kappa shape index (κ2) is 41.8. The molecule has 0 aliphatic heterocycles. The smallest absolute Gasteiger partial charge is 0.306 e. The number of rotatable bonds is 45. The molecule has 2 unspecified atom stereocenters. The number of hydrogen-bond donors (Lipinski definition) is 0. The molecule has 8 heteroatoms. The Kier molecular flexibility index (Phi) is 40.4. The number of carboxylic acids is 1. The molecule has 0 spiro atoms. The topological polar surface area (TPSA) is 102 Å². The monoisotopic (exact) mass is 822 g/mol. The van der Waals surface area contributed by atoms with Crippen LogP contribution in [0.3, 0.4) is 0 Å². The second-order valence-electron chi connectivity index (χ2n) is 18.1. The highest BCUT2D eigenvalue weighted by Gasteiger charge is 2.25. The minimum Gasteiger partial charge on any atom is -0.544 e. The fraction of sp³-hybridized carbons (Fsp3) is 0.900. The molecule has 0 aromatic heterocycles. The summed E-state index contributed by atoms with van der Waals surface area (Å²) >= 11 is 0. The summed E-state index contributed by atoms with van der Waals surface area (Å²) in [6.07, 6.45) is 45.3. The first kappa shape index (κ1) is 56.1. The largest absolute Gasteiger partial charge is 0.544 e. The van der Waals surface area contributed by atoms with Crippen LogP contribution in [0.25, 0.3) is 0 Å². The van der Waals surface area contributed by atoms with Crippen molar-refractivity contribution in [3.63, 3.8) is 0 Å². The first-order valence-electron chi connectivity index (χ1n) is 24.7. The van der Waals surface area contributed by atoms with Crippen molar-refractivity contribution in [3.05, 3.63) is 12.2 Å². The van der Waals surface area contributed by atoms with Crippen LogP contribution in [0.2, 0.25) is 0 Å². The molecule has 0 aromatic rings. The van der Waals surface area contributed by atoms with Crippen LogP contribution < -0.4 is 5.11 Å². The van der Waals surface area contributed by atoms with Gasteiger partial charge in [-0.15, -0.1) is 0 Å². The number of nitrogens with zero attached hydrogens (tertiary/aromatic N) is 1. The quantitative estimate of drug-likeness (QED) is 0.0261. The SMILES string of the molecule is CCCCCCCCC/C=C/CCCCCC(=O)OC(COCCC(C(=O)[O-])[N+](C)(C)C)COC(=O)CCCCCCCCCCCCCCCCCCCCCC. The lowest BCUT2D eigenvalue weighted by Crippen LogP contribution is -2.55. The molecular weight excluding hydrogens is 727 g/mol. The van der Waals surface area contributed by atoms with Crippen molar-refractivity contribution in [3.8, 4) is 0 Å². The molecule has 0 N–H and O–H groups in total. The van der Waals surface area contributed by atoms with Crippen LogP contribution in [0.1, 0.15) is 239 Å². The van der Waals surface area contributed by atoms with Crippen molar-refractivity contribution in [2.24, 2.45) is 0 Å². The van der Waals surface area contributed by atoms with E-state index in [0.717, 1.165) is 51.4 Å². The summed E-state index contributed by atoms with van der Waals surface area (Å²) in [7, 11) is 5.42. The second-order valence-corrected chi connectivity index (χ2v) is 18.1. The molecule has 0 saturated heterocycles. The molecule has 0 radical (unpaired) electrons. The van der Waals surface area contributed by atoms with Gasteiger partial charge in [-0.3, -0.25) is 9.59 Å². The van der Waals surface area contributed by atoms with Crippen molar-refractivity contribution in [2.45, 2.75) is 251 Å². The summed E-state index contributed by atoms with van der Waals surface area (Å²) in [5.41, 5.74) is 0. The maximum atomic E-state index is 12.7. The lowest BCUT2D eigenvalue weighted by Gasteiger charge is -2.34. The zero-order chi connectivity index (χ0) is 42.8. The van der Waals surface area contributed by atoms with Crippen molar-refractivity contribution in [1.82, 2.24) is 0 Å². The number of hydrogen-bond acceptors (Lipinski definition) is 7. The van der Waals surface area contributed by atoms with Gasteiger partial charge in [0, 0.05) is 19.3 Å². The van der Waals surface area contributed by atoms with Gasteiger partial charge in [0.25, 0.3) is 0 Å². The molecule has 0 amide bonds. The predicted octanol–water partition coefficient (Wildman–Crippen LogP) is 12.5. The number of likely N-dealkylation sites (N-methyl/N-ethyl adjacent to an activating group) is 1. The average Bonchev–Trinajstić information content (AvgIpc) is 3.18. The Labute approximate surface area is 359 Å². The molecule has 0 rings (SSSR count). The van der Waals surface area contributed by atoms with E-state index in [1.807, 2.05) is 0 Å². The van der Waals surface area contributed by atoms with Gasteiger partial charge in [-0.25, -0.2) is 0 Å². The number of unbranched alkanes of at least 4 members (excludes halogenated alkanes) is 29. The Morgan fingerprint density at radius 2 is 0.862 bits per heavy atom. The fourth-order valence-electron chi connectivity index (χ4n) is 7.54. The van der Waals surface area contributed by atoms with E-state index in [1.165, 1.54) is 154 Å². The molecule has 58 heavy (non-hydrogen) atoms. The lowest BCUT2D eigenvalue weighted by molar-refractivity contribution is -0.889. The molecule has 0 heterocycles. The van der Waals surface area contributed by atoms with Gasteiger partial charge in [-0.05, 0) is 38.5 Å². The maximum absolute atomic E-state index is 12.7. The molecule has 2 atom stereocenters. The number of carboxylic acid groups (broad SMARTS) is 1. The normalized spacial score (nSPS) is 12.9. The molecule has 0 fully saturated rings. The minimum atomic E-state index is -1.12. The summed E-state index contributed by atoms with van der Waals surface area (Å²) in [5, 5.41) is 11.6. The van der Waals surface area contributed by atoms with Crippen LogP contribution in [-0.4, -0.2) is 75.5 Å². The lowest BCUT2D eigenvalue weighted by atomic mass is 10.0. The summed E-state index contributed by atoms with van der Waals surface area (Å²) in [4.78, 5) is 36.9. The van der Waals surface area contributed by atoms with Crippen LogP contribution in [0.4, 0.5) is 0 Å². The number of esters is 2. The maximum Gasteiger partial charge on any atom is 0.306 e. The van der Waals surface area contributed by atoms with Crippen molar-refractivity contribution < 1.29 is 38.2 Å². The van der Waals surface area contributed by atoms with Gasteiger partial charge < -0.3 is 28.6 Å². The fourth-order valence-corrected chi connectivity index (χ4v) is 7.54. The number of aliphatic carboxylic acids is 1. The van der Waals surface area contributed by atoms with E-state index in [9.17, 15) is 19.5 Å². The van der Waals surface area contributed by atoms with Crippen molar-refractivity contribution in [1.29, 1.82) is 0 Å². The van der Waals surface area contributed by atoms with Gasteiger partial charge >= 0.3 is 11.9 Å². The Bertz CT molecular complexity index is 962. The number of carbonyl (C=O) groups is 3. The molecule has 0 aliphatic rings. The molecule has 0 aromatic carbocycles. The third-order valence-corrected chi connectivity index (χ3v) is 11.4. The first-order chi connectivity index (χ1) is 28.1. The van der Waals surface area contributed by atoms with Crippen LogP contribution in [0.15, 0.2) is 12.2 Å². The van der Waals surface area contributed by atoms with E-state index in [4.69, 9.17) is 14.2 Å². The number of allylic oxidation sites excluding steroid dienone is 2. The van der Waals surface area contributed by atoms with E-state index in [2.05, 4.69) is 26.0 Å². The Morgan fingerprint density at radius 1 is 0.500 bits per heavy atom. The highest BCUT2D eigenvalue weighted by atomic mass is 16.6. The van der Waals surface area contributed by atoms with Crippen molar-refractivity contribution >= 4 is 17.9 Å². The number of quaternary nitrogens is 1. The summed E-state index contributed by atoms with van der Waals surface area (Å²) in [6.45, 7) is 4.68. The van der Waals surface area contributed by atoms with Crippen LogP contribution in [0, 0.1) is 0 Å². The standard InChI is InChI=1S/C50H95NO7/c1-6-8-10-12-14-16-18-20-22-23-24-25-26-27-29-30-32-34-36-38-40-48(52)57-45-46(44-56-43-42-47(50(54)55)51(3,4)5)58-49(53)41-39-37-35-33-31-28-21-19-17-15-13-11-9-7-2/h28,31,46-47H,6-27,29-30,32-45H2,1-5H3/b31-28+. The predicted molar refractivity (Wildman–Crippen MR) is 241 cm³/mol. The molecule has 0 saturated carbocycles. The Balaban J connectivity index is 4.22. The van der Waals surface area contributed by atoms with E-state index < -0.39 is 18.1 Å². The van der Waals surface area contributed by atoms with E-state index >= 15 is 0 Å². The summed E-state index contributed by atoms with van der Waals surface area (Å²) in [5.74, 6) is -1.74. The molecule has 0 aliphatic carbocycles. The highest BCUT2D eigenvalue weighted by molar-refractivity contribution is 5.70. The zero-order valence-corrected chi connectivity index (χ0v) is 39.0. The van der Waals surface area contributed by atoms with Gasteiger partial charge in [-0.1, -0.05) is 193 Å². The van der Waals surface area contributed by atoms with E-state index in [1.54, 1.807) is 21.1 Å². The van der Waals surface area contributed by atoms with Crippen LogP contribution >= 0.6 is 0 Å². The average molecular weight is 822 g/mol. The number of ether oxygens (including phenoxy) is 3. The summed E-state index contributed by atoms with van der Waals surface area (Å²) < 4.78 is 17.2. The summed E-state index contributed by atoms with van der Waals surface area (Å²) in [6, 6.07) is -0.724. The van der Waals surface area contributed by atoms with Gasteiger partial charge in [-0.2, -0.15) is 0 Å². The zero-order valence-electron chi connectivity index (χ0n) is 39.0. The van der Waals surface area contributed by atoms with Gasteiger partial charge in [0.15, 0.2) is 6.10 Å². The highest BCUT2D eigenvalue weighted by Crippen LogP contribution is 2.16. The molecule has 342 valence electrons. The van der Waals surface area contributed by atoms with Gasteiger partial charge in [0.2, 0.25) is 0 Å². The van der Waals surface area contributed by atoms with E-state index in [0.29, 0.717) is 12.8 Å².